The predicted molar refractivity (Wildman–Crippen MR) is 101 cm³/mol. The van der Waals surface area contributed by atoms with Gasteiger partial charge in [-0.25, -0.2) is 0 Å². The van der Waals surface area contributed by atoms with Crippen molar-refractivity contribution in [2.24, 2.45) is 0 Å². The summed E-state index contributed by atoms with van der Waals surface area (Å²) in [6.45, 7) is 10.0. The zero-order valence-electron chi connectivity index (χ0n) is 16.4. The number of esters is 1. The standard InChI is InChI=1S/C20H31NO5/c1-5-11-21(7-3)19(22)15-26-17-10-9-16(14-20(23)24-8-4)13-18(17)25-12-6-2/h9-10,13H,5-8,11-12,14-15H2,1-4H3. The summed E-state index contributed by atoms with van der Waals surface area (Å²) in [6, 6.07) is 5.30. The molecule has 0 radical (unpaired) electrons. The van der Waals surface area contributed by atoms with Crippen LogP contribution in [0.5, 0.6) is 11.5 Å². The highest BCUT2D eigenvalue weighted by molar-refractivity contribution is 5.78. The van der Waals surface area contributed by atoms with E-state index in [1.807, 2.05) is 20.8 Å². The van der Waals surface area contributed by atoms with E-state index in [1.54, 1.807) is 30.0 Å². The van der Waals surface area contributed by atoms with Crippen molar-refractivity contribution in [1.29, 1.82) is 0 Å². The van der Waals surface area contributed by atoms with E-state index in [2.05, 4.69) is 0 Å². The normalized spacial score (nSPS) is 10.3. The molecular weight excluding hydrogens is 334 g/mol. The second-order valence-corrected chi connectivity index (χ2v) is 5.87. The number of carbonyl (C=O) groups is 2. The Balaban J connectivity index is 2.81. The van der Waals surface area contributed by atoms with Gasteiger partial charge in [0.1, 0.15) is 0 Å². The molecule has 0 saturated heterocycles. The van der Waals surface area contributed by atoms with Gasteiger partial charge in [0.25, 0.3) is 5.91 Å². The van der Waals surface area contributed by atoms with E-state index < -0.39 is 0 Å². The first-order valence-electron chi connectivity index (χ1n) is 9.37. The molecule has 1 amide bonds. The van der Waals surface area contributed by atoms with Crippen LogP contribution in [0.4, 0.5) is 0 Å². The first kappa shape index (κ1) is 21.8. The fraction of sp³-hybridized carbons (Fsp3) is 0.600. The minimum atomic E-state index is -0.282. The molecule has 0 aliphatic rings. The van der Waals surface area contributed by atoms with Gasteiger partial charge in [0, 0.05) is 13.1 Å². The highest BCUT2D eigenvalue weighted by Crippen LogP contribution is 2.29. The largest absolute Gasteiger partial charge is 0.490 e. The molecular formula is C20H31NO5. The molecule has 6 heteroatoms. The smallest absolute Gasteiger partial charge is 0.310 e. The highest BCUT2D eigenvalue weighted by atomic mass is 16.5. The Morgan fingerprint density at radius 1 is 1.00 bits per heavy atom. The van der Waals surface area contributed by atoms with Gasteiger partial charge in [0.15, 0.2) is 18.1 Å². The number of hydrogen-bond donors (Lipinski definition) is 0. The van der Waals surface area contributed by atoms with Gasteiger partial charge in [-0.1, -0.05) is 19.9 Å². The first-order valence-corrected chi connectivity index (χ1v) is 9.37. The van der Waals surface area contributed by atoms with Crippen LogP contribution in [-0.2, 0) is 20.7 Å². The zero-order chi connectivity index (χ0) is 19.4. The number of nitrogens with zero attached hydrogens (tertiary/aromatic N) is 1. The van der Waals surface area contributed by atoms with Crippen molar-refractivity contribution >= 4 is 11.9 Å². The molecule has 0 aliphatic heterocycles. The van der Waals surface area contributed by atoms with Gasteiger partial charge < -0.3 is 19.1 Å². The molecule has 0 saturated carbocycles. The molecule has 1 aromatic carbocycles. The lowest BCUT2D eigenvalue weighted by atomic mass is 10.1. The van der Waals surface area contributed by atoms with Crippen LogP contribution >= 0.6 is 0 Å². The van der Waals surface area contributed by atoms with Gasteiger partial charge in [-0.3, -0.25) is 9.59 Å². The molecule has 1 rings (SSSR count). The molecule has 26 heavy (non-hydrogen) atoms. The van der Waals surface area contributed by atoms with E-state index in [0.717, 1.165) is 24.9 Å². The van der Waals surface area contributed by atoms with Gasteiger partial charge in [0.2, 0.25) is 0 Å². The van der Waals surface area contributed by atoms with E-state index in [4.69, 9.17) is 14.2 Å². The quantitative estimate of drug-likeness (QED) is 0.532. The van der Waals surface area contributed by atoms with Gasteiger partial charge in [-0.05, 0) is 44.4 Å². The van der Waals surface area contributed by atoms with Crippen LogP contribution in [0.1, 0.15) is 46.1 Å². The lowest BCUT2D eigenvalue weighted by Crippen LogP contribution is -2.35. The molecule has 0 heterocycles. The fourth-order valence-corrected chi connectivity index (χ4v) is 2.45. The van der Waals surface area contributed by atoms with Crippen LogP contribution in [0.25, 0.3) is 0 Å². The van der Waals surface area contributed by atoms with Crippen molar-refractivity contribution in [2.45, 2.75) is 47.0 Å². The Labute approximate surface area is 156 Å². The van der Waals surface area contributed by atoms with E-state index in [-0.39, 0.29) is 24.9 Å². The van der Waals surface area contributed by atoms with Crippen LogP contribution < -0.4 is 9.47 Å². The molecule has 0 unspecified atom stereocenters. The van der Waals surface area contributed by atoms with Crippen molar-refractivity contribution in [2.75, 3.05) is 32.9 Å². The summed E-state index contributed by atoms with van der Waals surface area (Å²) in [6.07, 6.45) is 1.93. The summed E-state index contributed by atoms with van der Waals surface area (Å²) in [5.74, 6) is 0.717. The summed E-state index contributed by atoms with van der Waals surface area (Å²) in [5.41, 5.74) is 0.786. The van der Waals surface area contributed by atoms with E-state index in [0.29, 0.717) is 31.3 Å². The van der Waals surface area contributed by atoms with Crippen LogP contribution in [0, 0.1) is 0 Å². The van der Waals surface area contributed by atoms with Crippen molar-refractivity contribution in [3.05, 3.63) is 23.8 Å². The summed E-state index contributed by atoms with van der Waals surface area (Å²) < 4.78 is 16.4. The Morgan fingerprint density at radius 3 is 2.38 bits per heavy atom. The van der Waals surface area contributed by atoms with Crippen molar-refractivity contribution in [3.8, 4) is 11.5 Å². The van der Waals surface area contributed by atoms with Gasteiger partial charge in [-0.15, -0.1) is 0 Å². The topological polar surface area (TPSA) is 65.1 Å². The maximum atomic E-state index is 12.2. The minimum Gasteiger partial charge on any atom is -0.490 e. The zero-order valence-corrected chi connectivity index (χ0v) is 16.4. The average Bonchev–Trinajstić information content (AvgIpc) is 2.63. The average molecular weight is 365 g/mol. The first-order chi connectivity index (χ1) is 12.5. The summed E-state index contributed by atoms with van der Waals surface area (Å²) in [4.78, 5) is 25.7. The highest BCUT2D eigenvalue weighted by Gasteiger charge is 2.14. The Morgan fingerprint density at radius 2 is 1.77 bits per heavy atom. The lowest BCUT2D eigenvalue weighted by Gasteiger charge is -2.20. The Bertz CT molecular complexity index is 573. The van der Waals surface area contributed by atoms with Gasteiger partial charge in [0.05, 0.1) is 19.6 Å². The molecule has 6 nitrogen and oxygen atoms in total. The maximum absolute atomic E-state index is 12.2. The van der Waals surface area contributed by atoms with Crippen LogP contribution in [0.2, 0.25) is 0 Å². The molecule has 0 fully saturated rings. The monoisotopic (exact) mass is 365 g/mol. The summed E-state index contributed by atoms with van der Waals surface area (Å²) in [5, 5.41) is 0. The third-order valence-electron chi connectivity index (χ3n) is 3.70. The molecule has 146 valence electrons. The third-order valence-corrected chi connectivity index (χ3v) is 3.70. The molecule has 0 aromatic heterocycles. The number of hydrogen-bond acceptors (Lipinski definition) is 5. The summed E-state index contributed by atoms with van der Waals surface area (Å²) in [7, 11) is 0. The molecule has 0 atom stereocenters. The number of amides is 1. The van der Waals surface area contributed by atoms with E-state index >= 15 is 0 Å². The Hall–Kier alpha value is -2.24. The van der Waals surface area contributed by atoms with Crippen LogP contribution in [0.15, 0.2) is 18.2 Å². The van der Waals surface area contributed by atoms with Crippen LogP contribution in [0.3, 0.4) is 0 Å². The van der Waals surface area contributed by atoms with E-state index in [1.165, 1.54) is 0 Å². The van der Waals surface area contributed by atoms with Gasteiger partial charge >= 0.3 is 5.97 Å². The second-order valence-electron chi connectivity index (χ2n) is 5.87. The maximum Gasteiger partial charge on any atom is 0.310 e. The predicted octanol–water partition coefficient (Wildman–Crippen LogP) is 3.22. The third kappa shape index (κ3) is 7.33. The second kappa shape index (κ2) is 12.2. The summed E-state index contributed by atoms with van der Waals surface area (Å²) >= 11 is 0. The van der Waals surface area contributed by atoms with Crippen molar-refractivity contribution in [3.63, 3.8) is 0 Å². The number of benzene rings is 1. The fourth-order valence-electron chi connectivity index (χ4n) is 2.45. The van der Waals surface area contributed by atoms with Crippen LogP contribution in [-0.4, -0.2) is 49.7 Å². The molecule has 0 aliphatic carbocycles. The lowest BCUT2D eigenvalue weighted by molar-refractivity contribution is -0.142. The van der Waals surface area contributed by atoms with E-state index in [9.17, 15) is 9.59 Å². The number of likely N-dealkylation sites (N-methyl/N-ethyl adjacent to an activating group) is 1. The molecule has 0 spiro atoms. The SMILES string of the molecule is CCCOc1cc(CC(=O)OCC)ccc1OCC(=O)N(CC)CCC. The number of carbonyl (C=O) groups excluding carboxylic acids is 2. The molecule has 1 aromatic rings. The number of ether oxygens (including phenoxy) is 3. The minimum absolute atomic E-state index is 0.0342. The van der Waals surface area contributed by atoms with Crippen molar-refractivity contribution in [1.82, 2.24) is 4.90 Å². The van der Waals surface area contributed by atoms with Crippen molar-refractivity contribution < 1.29 is 23.8 Å². The van der Waals surface area contributed by atoms with Gasteiger partial charge in [-0.2, -0.15) is 0 Å². The molecule has 0 bridgehead atoms. The Kier molecular flexibility index (Phi) is 10.2. The number of rotatable bonds is 12. The molecule has 0 N–H and O–H groups in total.